The zero-order chi connectivity index (χ0) is 7.40. The summed E-state index contributed by atoms with van der Waals surface area (Å²) in [6.07, 6.45) is -0.351. The summed E-state index contributed by atoms with van der Waals surface area (Å²) in [5, 5.41) is 17.3. The van der Waals surface area contributed by atoms with Crippen LogP contribution in [0.25, 0.3) is 0 Å². The van der Waals surface area contributed by atoms with Crippen molar-refractivity contribution in [1.29, 1.82) is 0 Å². The highest BCUT2D eigenvalue weighted by Crippen LogP contribution is 2.07. The first-order valence-electron chi connectivity index (χ1n) is 3.35. The van der Waals surface area contributed by atoms with Crippen LogP contribution in [0.5, 0.6) is 0 Å². The number of hydrogen-bond acceptors (Lipinski definition) is 4. The maximum Gasteiger partial charge on any atom is 0.160 e. The Hall–Kier alpha value is -0.160. The van der Waals surface area contributed by atoms with E-state index in [4.69, 9.17) is 19.7 Å². The van der Waals surface area contributed by atoms with Gasteiger partial charge in [0.25, 0.3) is 0 Å². The molecule has 0 radical (unpaired) electrons. The van der Waals surface area contributed by atoms with Crippen molar-refractivity contribution in [2.24, 2.45) is 0 Å². The fraction of sp³-hybridized carbons (Fsp3) is 1.00. The molecule has 0 atom stereocenters. The van der Waals surface area contributed by atoms with Gasteiger partial charge in [-0.1, -0.05) is 0 Å². The van der Waals surface area contributed by atoms with Crippen molar-refractivity contribution in [2.45, 2.75) is 18.8 Å². The lowest BCUT2D eigenvalue weighted by Gasteiger charge is -2.25. The molecule has 2 N–H and O–H groups in total. The van der Waals surface area contributed by atoms with Crippen molar-refractivity contribution in [3.8, 4) is 0 Å². The molecule has 60 valence electrons. The van der Waals surface area contributed by atoms with Crippen LogP contribution < -0.4 is 0 Å². The second-order valence-corrected chi connectivity index (χ2v) is 2.26. The molecule has 1 fully saturated rings. The van der Waals surface area contributed by atoms with Gasteiger partial charge in [0.1, 0.15) is 6.10 Å². The predicted molar refractivity (Wildman–Crippen MR) is 33.4 cm³/mol. The summed E-state index contributed by atoms with van der Waals surface area (Å²) in [5.74, 6) is 0. The van der Waals surface area contributed by atoms with Gasteiger partial charge in [-0.25, -0.2) is 0 Å². The first-order chi connectivity index (χ1) is 4.83. The molecular formula is C6H12O4. The van der Waals surface area contributed by atoms with Gasteiger partial charge in [-0.05, 0) is 0 Å². The van der Waals surface area contributed by atoms with E-state index in [1.54, 1.807) is 0 Å². The fourth-order valence-electron chi connectivity index (χ4n) is 0.805. The van der Waals surface area contributed by atoms with Gasteiger partial charge in [0.15, 0.2) is 6.29 Å². The standard InChI is InChI=1S/C6H12O4/c7-2-1-6-9-3-5(8)4-10-6/h5-8H,1-4H2. The molecule has 10 heavy (non-hydrogen) atoms. The second-order valence-electron chi connectivity index (χ2n) is 2.26. The maximum absolute atomic E-state index is 8.88. The highest BCUT2D eigenvalue weighted by atomic mass is 16.7. The molecule has 0 unspecified atom stereocenters. The van der Waals surface area contributed by atoms with Crippen molar-refractivity contribution in [1.82, 2.24) is 0 Å². The average Bonchev–Trinajstić information content (AvgIpc) is 1.95. The summed E-state index contributed by atoms with van der Waals surface area (Å²) in [5.41, 5.74) is 0. The Kier molecular flexibility index (Phi) is 3.08. The molecule has 0 bridgehead atoms. The fourth-order valence-corrected chi connectivity index (χ4v) is 0.805. The number of aliphatic hydroxyl groups excluding tert-OH is 2. The quantitative estimate of drug-likeness (QED) is 0.533. The molecule has 0 spiro atoms. The van der Waals surface area contributed by atoms with Gasteiger partial charge < -0.3 is 19.7 Å². The Balaban J connectivity index is 2.13. The summed E-state index contributed by atoms with van der Waals surface area (Å²) in [6.45, 7) is 0.677. The lowest BCUT2D eigenvalue weighted by Crippen LogP contribution is -2.35. The zero-order valence-corrected chi connectivity index (χ0v) is 5.69. The molecule has 4 heteroatoms. The minimum Gasteiger partial charge on any atom is -0.396 e. The number of hydrogen-bond donors (Lipinski definition) is 2. The van der Waals surface area contributed by atoms with E-state index in [2.05, 4.69) is 0 Å². The Morgan fingerprint density at radius 1 is 1.30 bits per heavy atom. The summed E-state index contributed by atoms with van der Waals surface area (Å²) in [6, 6.07) is 0. The molecule has 0 saturated carbocycles. The molecule has 4 nitrogen and oxygen atoms in total. The van der Waals surface area contributed by atoms with E-state index >= 15 is 0 Å². The predicted octanol–water partition coefficient (Wildman–Crippen LogP) is -0.897. The van der Waals surface area contributed by atoms with Gasteiger partial charge in [-0.3, -0.25) is 0 Å². The van der Waals surface area contributed by atoms with Gasteiger partial charge in [0.05, 0.1) is 13.2 Å². The monoisotopic (exact) mass is 148 g/mol. The summed E-state index contributed by atoms with van der Waals surface area (Å²) in [7, 11) is 0. The van der Waals surface area contributed by atoms with E-state index in [-0.39, 0.29) is 12.9 Å². The largest absolute Gasteiger partial charge is 0.396 e. The average molecular weight is 148 g/mol. The van der Waals surface area contributed by atoms with Gasteiger partial charge in [0, 0.05) is 13.0 Å². The summed E-state index contributed by atoms with van der Waals surface area (Å²) >= 11 is 0. The topological polar surface area (TPSA) is 58.9 Å². The molecule has 1 heterocycles. The van der Waals surface area contributed by atoms with Crippen LogP contribution >= 0.6 is 0 Å². The van der Waals surface area contributed by atoms with Crippen LogP contribution in [0, 0.1) is 0 Å². The highest BCUT2D eigenvalue weighted by Gasteiger charge is 2.19. The van der Waals surface area contributed by atoms with E-state index in [1.807, 2.05) is 0 Å². The minimum absolute atomic E-state index is 0.0563. The number of ether oxygens (including phenoxy) is 2. The van der Waals surface area contributed by atoms with Crippen molar-refractivity contribution < 1.29 is 19.7 Å². The van der Waals surface area contributed by atoms with Gasteiger partial charge >= 0.3 is 0 Å². The van der Waals surface area contributed by atoms with E-state index in [1.165, 1.54) is 0 Å². The molecule has 0 amide bonds. The van der Waals surface area contributed by atoms with Crippen LogP contribution in [-0.4, -0.2) is 42.4 Å². The van der Waals surface area contributed by atoms with Gasteiger partial charge in [-0.15, -0.1) is 0 Å². The van der Waals surface area contributed by atoms with Crippen LogP contribution in [0.2, 0.25) is 0 Å². The lowest BCUT2D eigenvalue weighted by atomic mass is 10.3. The maximum atomic E-state index is 8.88. The molecular weight excluding hydrogens is 136 g/mol. The molecule has 0 aromatic heterocycles. The Bertz CT molecular complexity index is 87.7. The Morgan fingerprint density at radius 3 is 2.40 bits per heavy atom. The molecule has 1 aliphatic rings. The summed E-state index contributed by atoms with van der Waals surface area (Å²) < 4.78 is 10.00. The lowest BCUT2D eigenvalue weighted by molar-refractivity contribution is -0.220. The van der Waals surface area contributed by atoms with Gasteiger partial charge in [0.2, 0.25) is 0 Å². The first-order valence-corrected chi connectivity index (χ1v) is 3.35. The van der Waals surface area contributed by atoms with Crippen molar-refractivity contribution in [3.05, 3.63) is 0 Å². The van der Waals surface area contributed by atoms with Crippen molar-refractivity contribution >= 4 is 0 Å². The molecule has 0 aliphatic carbocycles. The van der Waals surface area contributed by atoms with Crippen LogP contribution in [0.3, 0.4) is 0 Å². The number of aliphatic hydroxyl groups is 2. The van der Waals surface area contributed by atoms with Crippen LogP contribution in [0.4, 0.5) is 0 Å². The molecule has 0 aromatic carbocycles. The van der Waals surface area contributed by atoms with E-state index in [0.29, 0.717) is 19.6 Å². The van der Waals surface area contributed by atoms with E-state index in [0.717, 1.165) is 0 Å². The van der Waals surface area contributed by atoms with Crippen molar-refractivity contribution in [2.75, 3.05) is 19.8 Å². The van der Waals surface area contributed by atoms with Crippen LogP contribution in [0.1, 0.15) is 6.42 Å². The van der Waals surface area contributed by atoms with Gasteiger partial charge in [-0.2, -0.15) is 0 Å². The minimum atomic E-state index is -0.505. The summed E-state index contributed by atoms with van der Waals surface area (Å²) in [4.78, 5) is 0. The Morgan fingerprint density at radius 2 is 1.90 bits per heavy atom. The smallest absolute Gasteiger partial charge is 0.160 e. The third kappa shape index (κ3) is 2.22. The molecule has 0 aromatic rings. The molecule has 1 aliphatic heterocycles. The molecule has 1 saturated heterocycles. The number of rotatable bonds is 2. The third-order valence-corrected chi connectivity index (χ3v) is 1.31. The highest BCUT2D eigenvalue weighted by molar-refractivity contribution is 4.59. The third-order valence-electron chi connectivity index (χ3n) is 1.31. The van der Waals surface area contributed by atoms with Crippen molar-refractivity contribution in [3.63, 3.8) is 0 Å². The zero-order valence-electron chi connectivity index (χ0n) is 5.69. The second kappa shape index (κ2) is 3.88. The Labute approximate surface area is 59.4 Å². The van der Waals surface area contributed by atoms with Crippen LogP contribution in [-0.2, 0) is 9.47 Å². The van der Waals surface area contributed by atoms with E-state index in [9.17, 15) is 0 Å². The SMILES string of the molecule is OCCC1OCC(O)CO1. The van der Waals surface area contributed by atoms with E-state index < -0.39 is 6.10 Å². The molecule has 1 rings (SSSR count). The first kappa shape index (κ1) is 7.94. The van der Waals surface area contributed by atoms with Crippen LogP contribution in [0.15, 0.2) is 0 Å². The normalized spacial score (nSPS) is 34.2.